The zero-order valence-electron chi connectivity index (χ0n) is 16.7. The third-order valence-corrected chi connectivity index (χ3v) is 6.80. The topological polar surface area (TPSA) is 49.4 Å². The summed E-state index contributed by atoms with van der Waals surface area (Å²) >= 11 is 5.02. The lowest BCUT2D eigenvalue weighted by Gasteiger charge is -2.25. The fraction of sp³-hybridized carbons (Fsp3) is 0.167. The van der Waals surface area contributed by atoms with E-state index >= 15 is 0 Å². The van der Waals surface area contributed by atoms with E-state index in [1.807, 2.05) is 73.3 Å². The van der Waals surface area contributed by atoms with Crippen molar-refractivity contribution in [1.29, 1.82) is 0 Å². The minimum absolute atomic E-state index is 0.0951. The van der Waals surface area contributed by atoms with E-state index in [0.717, 1.165) is 26.9 Å². The predicted octanol–water partition coefficient (Wildman–Crippen LogP) is 6.10. The molecular weight excluding hydrogens is 460 g/mol. The molecule has 4 rings (SSSR count). The number of rotatable bonds is 4. The van der Waals surface area contributed by atoms with Gasteiger partial charge in [0.05, 0.1) is 11.3 Å². The summed E-state index contributed by atoms with van der Waals surface area (Å²) in [5.74, 6) is 0.351. The highest BCUT2D eigenvalue weighted by Crippen LogP contribution is 2.42. The fourth-order valence-corrected chi connectivity index (χ4v) is 5.29. The Balaban J connectivity index is 1.62. The molecule has 1 aliphatic heterocycles. The second-order valence-corrected chi connectivity index (χ2v) is 9.26. The summed E-state index contributed by atoms with van der Waals surface area (Å²) in [7, 11) is 0. The second-order valence-electron chi connectivity index (χ2n) is 7.33. The van der Waals surface area contributed by atoms with Crippen molar-refractivity contribution in [2.24, 2.45) is 0 Å². The number of nitrogens with zero attached hydrogens (tertiary/aromatic N) is 1. The van der Waals surface area contributed by atoms with Gasteiger partial charge in [-0.15, -0.1) is 11.8 Å². The van der Waals surface area contributed by atoms with E-state index in [1.54, 1.807) is 17.8 Å². The first-order chi connectivity index (χ1) is 14.4. The lowest BCUT2D eigenvalue weighted by molar-refractivity contribution is -0.115. The number of hydrogen-bond donors (Lipinski definition) is 1. The zero-order chi connectivity index (χ0) is 21.3. The third-order valence-electron chi connectivity index (χ3n) is 4.90. The fourth-order valence-electron chi connectivity index (χ4n) is 3.65. The molecule has 0 unspecified atom stereocenters. The van der Waals surface area contributed by atoms with E-state index in [9.17, 15) is 9.59 Å². The molecule has 1 heterocycles. The molecule has 0 spiro atoms. The molecule has 0 saturated carbocycles. The van der Waals surface area contributed by atoms with Crippen LogP contribution in [0.4, 0.5) is 11.4 Å². The van der Waals surface area contributed by atoms with Gasteiger partial charge >= 0.3 is 0 Å². The van der Waals surface area contributed by atoms with Crippen LogP contribution in [0.15, 0.2) is 71.2 Å². The van der Waals surface area contributed by atoms with Crippen LogP contribution in [0.1, 0.15) is 32.4 Å². The first kappa shape index (κ1) is 20.7. The first-order valence-corrected chi connectivity index (χ1v) is 11.4. The van der Waals surface area contributed by atoms with Gasteiger partial charge in [0.2, 0.25) is 5.91 Å². The summed E-state index contributed by atoms with van der Waals surface area (Å²) in [6.45, 7) is 4.08. The number of anilines is 2. The number of thioether (sulfide) groups is 1. The molecule has 3 aromatic rings. The number of halogens is 1. The summed E-state index contributed by atoms with van der Waals surface area (Å²) in [6.07, 6.45) is 0. The summed E-state index contributed by atoms with van der Waals surface area (Å²) in [6, 6.07) is 21.2. The number of benzene rings is 3. The summed E-state index contributed by atoms with van der Waals surface area (Å²) in [5, 5.41) is 2.84. The molecule has 1 fully saturated rings. The van der Waals surface area contributed by atoms with Gasteiger partial charge in [-0.1, -0.05) is 30.3 Å². The Labute approximate surface area is 188 Å². The number of hydrogen-bond acceptors (Lipinski definition) is 3. The average Bonchev–Trinajstić information content (AvgIpc) is 3.09. The molecule has 30 heavy (non-hydrogen) atoms. The van der Waals surface area contributed by atoms with Crippen molar-refractivity contribution in [3.05, 3.63) is 93.5 Å². The van der Waals surface area contributed by atoms with Crippen LogP contribution >= 0.6 is 27.7 Å². The van der Waals surface area contributed by atoms with Crippen LogP contribution in [-0.2, 0) is 4.79 Å². The summed E-state index contributed by atoms with van der Waals surface area (Å²) < 4.78 is 0.747. The average molecular weight is 481 g/mol. The molecule has 0 aromatic heterocycles. The Hall–Kier alpha value is -2.57. The Morgan fingerprint density at radius 1 is 1.03 bits per heavy atom. The Bertz CT molecular complexity index is 1110. The van der Waals surface area contributed by atoms with Crippen LogP contribution in [0.5, 0.6) is 0 Å². The van der Waals surface area contributed by atoms with Gasteiger partial charge in [0, 0.05) is 15.8 Å². The van der Waals surface area contributed by atoms with E-state index < -0.39 is 0 Å². The Morgan fingerprint density at radius 2 is 1.77 bits per heavy atom. The number of nitrogens with one attached hydrogen (secondary N) is 1. The van der Waals surface area contributed by atoms with E-state index in [4.69, 9.17) is 0 Å². The molecule has 3 aromatic carbocycles. The number of carbonyl (C=O) groups excluding carboxylic acids is 2. The quantitative estimate of drug-likeness (QED) is 0.490. The number of aryl methyl sites for hydroxylation is 2. The lowest BCUT2D eigenvalue weighted by atomic mass is 10.1. The molecule has 4 nitrogen and oxygen atoms in total. The van der Waals surface area contributed by atoms with Crippen molar-refractivity contribution >= 4 is 50.9 Å². The van der Waals surface area contributed by atoms with Crippen molar-refractivity contribution in [3.8, 4) is 0 Å². The molecule has 0 bridgehead atoms. The molecule has 2 amide bonds. The van der Waals surface area contributed by atoms with Crippen molar-refractivity contribution in [2.45, 2.75) is 19.2 Å². The van der Waals surface area contributed by atoms with Gasteiger partial charge in [0.15, 0.2) is 0 Å². The minimum atomic E-state index is -0.180. The molecule has 1 aliphatic rings. The molecule has 152 valence electrons. The molecule has 1 N–H and O–H groups in total. The van der Waals surface area contributed by atoms with Gasteiger partial charge in [0.1, 0.15) is 5.37 Å². The normalized spacial score (nSPS) is 16.0. The third kappa shape index (κ3) is 4.30. The SMILES string of the molecule is Cc1cc(C)cc(N2C(=O)CS[C@@H]2c2cccc(NC(=O)c3ccccc3Br)c2)c1. The van der Waals surface area contributed by atoms with Crippen LogP contribution in [0.25, 0.3) is 0 Å². The predicted molar refractivity (Wildman–Crippen MR) is 127 cm³/mol. The van der Waals surface area contributed by atoms with Gasteiger partial charge in [-0.25, -0.2) is 0 Å². The second kappa shape index (κ2) is 8.66. The van der Waals surface area contributed by atoms with Crippen LogP contribution in [0.3, 0.4) is 0 Å². The minimum Gasteiger partial charge on any atom is -0.322 e. The standard InChI is InChI=1S/C24H21BrN2O2S/c1-15-10-16(2)12-19(11-15)27-22(28)14-30-24(27)17-6-5-7-18(13-17)26-23(29)20-8-3-4-9-21(20)25/h3-13,24H,14H2,1-2H3,(H,26,29)/t24-/m1/s1. The van der Waals surface area contributed by atoms with Gasteiger partial charge in [-0.05, 0) is 82.9 Å². The van der Waals surface area contributed by atoms with Crippen molar-refractivity contribution in [1.82, 2.24) is 0 Å². The highest BCUT2D eigenvalue weighted by atomic mass is 79.9. The maximum Gasteiger partial charge on any atom is 0.256 e. The summed E-state index contributed by atoms with van der Waals surface area (Å²) in [4.78, 5) is 27.2. The summed E-state index contributed by atoms with van der Waals surface area (Å²) in [5.41, 5.74) is 5.43. The molecule has 0 radical (unpaired) electrons. The van der Waals surface area contributed by atoms with E-state index in [1.165, 1.54) is 0 Å². The largest absolute Gasteiger partial charge is 0.322 e. The smallest absolute Gasteiger partial charge is 0.256 e. The van der Waals surface area contributed by atoms with Gasteiger partial charge in [0.25, 0.3) is 5.91 Å². The monoisotopic (exact) mass is 480 g/mol. The van der Waals surface area contributed by atoms with Crippen molar-refractivity contribution in [3.63, 3.8) is 0 Å². The Morgan fingerprint density at radius 3 is 2.50 bits per heavy atom. The maximum absolute atomic E-state index is 12.7. The van der Waals surface area contributed by atoms with E-state index in [0.29, 0.717) is 17.0 Å². The molecule has 0 aliphatic carbocycles. The van der Waals surface area contributed by atoms with Gasteiger partial charge in [-0.3, -0.25) is 14.5 Å². The molecule has 1 saturated heterocycles. The van der Waals surface area contributed by atoms with Crippen LogP contribution < -0.4 is 10.2 Å². The maximum atomic E-state index is 12.7. The van der Waals surface area contributed by atoms with Crippen LogP contribution in [0, 0.1) is 13.8 Å². The zero-order valence-corrected chi connectivity index (χ0v) is 19.1. The molecule has 1 atom stereocenters. The highest BCUT2D eigenvalue weighted by Gasteiger charge is 2.34. The van der Waals surface area contributed by atoms with E-state index in [2.05, 4.69) is 27.3 Å². The lowest BCUT2D eigenvalue weighted by Crippen LogP contribution is -2.28. The number of amides is 2. The van der Waals surface area contributed by atoms with Crippen molar-refractivity contribution in [2.75, 3.05) is 16.0 Å². The van der Waals surface area contributed by atoms with E-state index in [-0.39, 0.29) is 17.2 Å². The van der Waals surface area contributed by atoms with Crippen molar-refractivity contribution < 1.29 is 9.59 Å². The molecular formula is C24H21BrN2O2S. The van der Waals surface area contributed by atoms with Gasteiger partial charge in [-0.2, -0.15) is 0 Å². The molecule has 6 heteroatoms. The Kier molecular flexibility index (Phi) is 5.97. The van der Waals surface area contributed by atoms with Gasteiger partial charge < -0.3 is 5.32 Å². The highest BCUT2D eigenvalue weighted by molar-refractivity contribution is 9.10. The van der Waals surface area contributed by atoms with Crippen LogP contribution in [0.2, 0.25) is 0 Å². The first-order valence-electron chi connectivity index (χ1n) is 9.60. The van der Waals surface area contributed by atoms with Crippen LogP contribution in [-0.4, -0.2) is 17.6 Å². The number of carbonyl (C=O) groups is 2.